The van der Waals surface area contributed by atoms with Crippen LogP contribution < -0.4 is 0 Å². The van der Waals surface area contributed by atoms with Crippen molar-refractivity contribution in [3.05, 3.63) is 11.6 Å². The van der Waals surface area contributed by atoms with Gasteiger partial charge in [0.2, 0.25) is 0 Å². The molecule has 1 atom stereocenters. The summed E-state index contributed by atoms with van der Waals surface area (Å²) in [6, 6.07) is 0. The van der Waals surface area contributed by atoms with Crippen LogP contribution in [0.25, 0.3) is 0 Å². The number of carbonyl (C=O) groups excluding carboxylic acids is 1. The zero-order chi connectivity index (χ0) is 9.90. The van der Waals surface area contributed by atoms with E-state index in [1.807, 2.05) is 19.9 Å². The fourth-order valence-corrected chi connectivity index (χ4v) is 1.90. The van der Waals surface area contributed by atoms with Gasteiger partial charge in [-0.05, 0) is 36.7 Å². The third-order valence-corrected chi connectivity index (χ3v) is 3.02. The van der Waals surface area contributed by atoms with Crippen molar-refractivity contribution in [1.82, 2.24) is 0 Å². The molecule has 1 aliphatic heterocycles. The smallest absolute Gasteiger partial charge is 0.334 e. The molecular weight excluding hydrogens is 279 g/mol. The standard InChI is InChI=1S/C10H15IO2/c1-3-8-7-10(2,5-4-6-11)13-9(8)12/h7H,3-6H2,1-2H3/t10-/m1/s1. The molecule has 0 amide bonds. The highest BCUT2D eigenvalue weighted by Crippen LogP contribution is 2.30. The van der Waals surface area contributed by atoms with Gasteiger partial charge in [-0.2, -0.15) is 0 Å². The topological polar surface area (TPSA) is 26.3 Å². The molecule has 0 spiro atoms. The first kappa shape index (κ1) is 11.0. The van der Waals surface area contributed by atoms with E-state index in [0.717, 1.165) is 29.3 Å². The molecule has 0 unspecified atom stereocenters. The molecule has 0 bridgehead atoms. The third-order valence-electron chi connectivity index (χ3n) is 2.26. The molecule has 2 nitrogen and oxygen atoms in total. The molecule has 0 saturated carbocycles. The summed E-state index contributed by atoms with van der Waals surface area (Å²) in [5, 5.41) is 0. The summed E-state index contributed by atoms with van der Waals surface area (Å²) in [5.41, 5.74) is 0.504. The number of carbonyl (C=O) groups is 1. The molecule has 1 rings (SSSR count). The average Bonchev–Trinajstić information content (AvgIpc) is 2.39. The average molecular weight is 294 g/mol. The number of ether oxygens (including phenoxy) is 1. The molecule has 0 fully saturated rings. The second-order valence-corrected chi connectivity index (χ2v) is 4.60. The molecule has 74 valence electrons. The van der Waals surface area contributed by atoms with E-state index < -0.39 is 0 Å². The number of esters is 1. The van der Waals surface area contributed by atoms with E-state index in [9.17, 15) is 4.79 Å². The molecule has 0 aromatic rings. The summed E-state index contributed by atoms with van der Waals surface area (Å²) in [4.78, 5) is 11.3. The molecule has 0 saturated heterocycles. The number of hydrogen-bond donors (Lipinski definition) is 0. The fourth-order valence-electron chi connectivity index (χ4n) is 1.52. The van der Waals surface area contributed by atoms with Crippen molar-refractivity contribution in [2.45, 2.75) is 38.7 Å². The lowest BCUT2D eigenvalue weighted by Crippen LogP contribution is -2.23. The SMILES string of the molecule is CCC1=C[C@@](C)(CCCI)OC1=O. The Morgan fingerprint density at radius 1 is 1.62 bits per heavy atom. The van der Waals surface area contributed by atoms with Crippen LogP contribution in [0.5, 0.6) is 0 Å². The van der Waals surface area contributed by atoms with Crippen molar-refractivity contribution >= 4 is 28.6 Å². The minimum absolute atomic E-state index is 0.126. The van der Waals surface area contributed by atoms with Crippen LogP contribution in [0.4, 0.5) is 0 Å². The van der Waals surface area contributed by atoms with Crippen LogP contribution in [-0.2, 0) is 9.53 Å². The maximum absolute atomic E-state index is 11.3. The van der Waals surface area contributed by atoms with Crippen molar-refractivity contribution in [2.24, 2.45) is 0 Å². The van der Waals surface area contributed by atoms with Crippen LogP contribution in [0.1, 0.15) is 33.1 Å². The molecule has 3 heteroatoms. The summed E-state index contributed by atoms with van der Waals surface area (Å²) < 4.78 is 6.43. The fraction of sp³-hybridized carbons (Fsp3) is 0.700. The van der Waals surface area contributed by atoms with E-state index in [1.54, 1.807) is 0 Å². The van der Waals surface area contributed by atoms with Crippen molar-refractivity contribution < 1.29 is 9.53 Å². The Morgan fingerprint density at radius 3 is 2.77 bits per heavy atom. The molecular formula is C10H15IO2. The van der Waals surface area contributed by atoms with E-state index in [2.05, 4.69) is 22.6 Å². The second-order valence-electron chi connectivity index (χ2n) is 3.52. The first-order chi connectivity index (χ1) is 6.11. The molecule has 0 N–H and O–H groups in total. The predicted molar refractivity (Wildman–Crippen MR) is 61.0 cm³/mol. The first-order valence-electron chi connectivity index (χ1n) is 4.62. The molecule has 0 radical (unpaired) electrons. The molecule has 1 aliphatic rings. The van der Waals surface area contributed by atoms with E-state index in [0.29, 0.717) is 0 Å². The van der Waals surface area contributed by atoms with Crippen molar-refractivity contribution in [3.8, 4) is 0 Å². The Bertz CT molecular complexity index is 235. The van der Waals surface area contributed by atoms with Gasteiger partial charge in [0.15, 0.2) is 0 Å². The number of halogens is 1. The van der Waals surface area contributed by atoms with Crippen LogP contribution in [0.3, 0.4) is 0 Å². The highest BCUT2D eigenvalue weighted by atomic mass is 127. The Hall–Kier alpha value is -0.0600. The van der Waals surface area contributed by atoms with E-state index in [-0.39, 0.29) is 11.6 Å². The van der Waals surface area contributed by atoms with Gasteiger partial charge in [-0.3, -0.25) is 0 Å². The van der Waals surface area contributed by atoms with Gasteiger partial charge in [-0.15, -0.1) is 0 Å². The van der Waals surface area contributed by atoms with Gasteiger partial charge in [-0.1, -0.05) is 29.5 Å². The maximum atomic E-state index is 11.3. The normalized spacial score (nSPS) is 27.3. The van der Waals surface area contributed by atoms with Crippen LogP contribution in [-0.4, -0.2) is 16.0 Å². The zero-order valence-corrected chi connectivity index (χ0v) is 10.3. The molecule has 1 heterocycles. The van der Waals surface area contributed by atoms with Gasteiger partial charge >= 0.3 is 5.97 Å². The van der Waals surface area contributed by atoms with Gasteiger partial charge in [0.05, 0.1) is 0 Å². The predicted octanol–water partition coefficient (Wildman–Crippen LogP) is 2.85. The van der Waals surface area contributed by atoms with Gasteiger partial charge in [0.1, 0.15) is 5.60 Å². The summed E-state index contributed by atoms with van der Waals surface area (Å²) in [5.74, 6) is -0.126. The molecule has 0 aromatic carbocycles. The van der Waals surface area contributed by atoms with Crippen LogP contribution >= 0.6 is 22.6 Å². The van der Waals surface area contributed by atoms with Crippen LogP contribution in [0.2, 0.25) is 0 Å². The minimum atomic E-state index is -0.326. The quantitative estimate of drug-likeness (QED) is 0.453. The van der Waals surface area contributed by atoms with Crippen molar-refractivity contribution in [3.63, 3.8) is 0 Å². The Morgan fingerprint density at radius 2 is 2.31 bits per heavy atom. The van der Waals surface area contributed by atoms with Gasteiger partial charge < -0.3 is 4.74 Å². The van der Waals surface area contributed by atoms with E-state index in [4.69, 9.17) is 4.74 Å². The van der Waals surface area contributed by atoms with Gasteiger partial charge in [0, 0.05) is 5.57 Å². The highest BCUT2D eigenvalue weighted by molar-refractivity contribution is 14.1. The number of alkyl halides is 1. The summed E-state index contributed by atoms with van der Waals surface area (Å²) >= 11 is 2.34. The molecule has 13 heavy (non-hydrogen) atoms. The van der Waals surface area contributed by atoms with E-state index in [1.165, 1.54) is 0 Å². The van der Waals surface area contributed by atoms with Gasteiger partial charge in [0.25, 0.3) is 0 Å². The van der Waals surface area contributed by atoms with E-state index >= 15 is 0 Å². The first-order valence-corrected chi connectivity index (χ1v) is 6.15. The summed E-state index contributed by atoms with van der Waals surface area (Å²) in [7, 11) is 0. The Kier molecular flexibility index (Phi) is 3.76. The monoisotopic (exact) mass is 294 g/mol. The Balaban J connectivity index is 2.62. The number of rotatable bonds is 4. The minimum Gasteiger partial charge on any atom is -0.452 e. The van der Waals surface area contributed by atoms with Crippen LogP contribution in [0, 0.1) is 0 Å². The second kappa shape index (κ2) is 4.44. The third kappa shape index (κ3) is 2.69. The summed E-state index contributed by atoms with van der Waals surface area (Å²) in [6.45, 7) is 3.97. The lowest BCUT2D eigenvalue weighted by atomic mass is 9.99. The maximum Gasteiger partial charge on any atom is 0.334 e. The van der Waals surface area contributed by atoms with Gasteiger partial charge in [-0.25, -0.2) is 4.79 Å². The van der Waals surface area contributed by atoms with Crippen molar-refractivity contribution in [2.75, 3.05) is 4.43 Å². The number of hydrogen-bond acceptors (Lipinski definition) is 2. The Labute approximate surface area is 92.9 Å². The largest absolute Gasteiger partial charge is 0.452 e. The lowest BCUT2D eigenvalue weighted by Gasteiger charge is -2.20. The number of cyclic esters (lactones) is 1. The van der Waals surface area contributed by atoms with Crippen LogP contribution in [0.15, 0.2) is 11.6 Å². The lowest BCUT2D eigenvalue weighted by molar-refractivity contribution is -0.145. The summed E-state index contributed by atoms with van der Waals surface area (Å²) in [6.07, 6.45) is 4.79. The molecule has 0 aliphatic carbocycles. The highest BCUT2D eigenvalue weighted by Gasteiger charge is 2.34. The zero-order valence-electron chi connectivity index (χ0n) is 8.10. The van der Waals surface area contributed by atoms with Crippen molar-refractivity contribution in [1.29, 1.82) is 0 Å². The molecule has 0 aromatic heterocycles.